The Hall–Kier alpha value is -1.35. The van der Waals surface area contributed by atoms with Crippen molar-refractivity contribution in [1.29, 1.82) is 0 Å². The lowest BCUT2D eigenvalue weighted by Crippen LogP contribution is -2.42. The lowest BCUT2D eigenvalue weighted by molar-refractivity contribution is -0.131. The average molecular weight is 246 g/mol. The summed E-state index contributed by atoms with van der Waals surface area (Å²) in [7, 11) is 1.92. The molecular formula is C15H22N2O. The standard InChI is InChI=1S/C15H22N2O/c1-17(14-9-5-8-13(14)11-16)15(18)10-12-6-3-2-4-7-12/h2-4,6-7,13-14H,5,8-11,16H2,1H3. The SMILES string of the molecule is CN(C(=O)Cc1ccccc1)C1CCCC1CN. The monoisotopic (exact) mass is 246 g/mol. The molecule has 0 aliphatic heterocycles. The summed E-state index contributed by atoms with van der Waals surface area (Å²) in [5, 5.41) is 0. The van der Waals surface area contributed by atoms with Gasteiger partial charge in [0.05, 0.1) is 6.42 Å². The van der Waals surface area contributed by atoms with E-state index in [9.17, 15) is 4.79 Å². The average Bonchev–Trinajstić information content (AvgIpc) is 2.87. The van der Waals surface area contributed by atoms with Crippen molar-refractivity contribution in [2.24, 2.45) is 11.7 Å². The molecule has 98 valence electrons. The Morgan fingerprint density at radius 2 is 2.06 bits per heavy atom. The van der Waals surface area contributed by atoms with Crippen molar-refractivity contribution in [1.82, 2.24) is 4.90 Å². The third-order valence-electron chi connectivity index (χ3n) is 4.01. The van der Waals surface area contributed by atoms with Crippen molar-refractivity contribution in [3.63, 3.8) is 0 Å². The molecule has 3 nitrogen and oxygen atoms in total. The second-order valence-electron chi connectivity index (χ2n) is 5.16. The van der Waals surface area contributed by atoms with Gasteiger partial charge in [0.1, 0.15) is 0 Å². The Bertz CT molecular complexity index is 391. The van der Waals surface area contributed by atoms with Gasteiger partial charge in [0.2, 0.25) is 5.91 Å². The molecule has 1 aliphatic rings. The van der Waals surface area contributed by atoms with Gasteiger partial charge >= 0.3 is 0 Å². The van der Waals surface area contributed by atoms with E-state index in [0.29, 0.717) is 24.9 Å². The topological polar surface area (TPSA) is 46.3 Å². The Labute approximate surface area is 109 Å². The molecule has 0 radical (unpaired) electrons. The lowest BCUT2D eigenvalue weighted by Gasteiger charge is -2.29. The van der Waals surface area contributed by atoms with Crippen LogP contribution in [0, 0.1) is 5.92 Å². The number of hydrogen-bond donors (Lipinski definition) is 1. The fourth-order valence-corrected chi connectivity index (χ4v) is 2.88. The summed E-state index contributed by atoms with van der Waals surface area (Å²) in [6.45, 7) is 0.688. The first-order valence-electron chi connectivity index (χ1n) is 6.72. The van der Waals surface area contributed by atoms with E-state index in [0.717, 1.165) is 18.4 Å². The molecular weight excluding hydrogens is 224 g/mol. The van der Waals surface area contributed by atoms with Gasteiger partial charge in [-0.1, -0.05) is 36.8 Å². The van der Waals surface area contributed by atoms with Gasteiger partial charge in [0, 0.05) is 13.1 Å². The Morgan fingerprint density at radius 1 is 1.33 bits per heavy atom. The molecule has 1 aromatic rings. The number of carbonyl (C=O) groups is 1. The maximum atomic E-state index is 12.2. The summed E-state index contributed by atoms with van der Waals surface area (Å²) in [5.41, 5.74) is 6.86. The van der Waals surface area contributed by atoms with Crippen LogP contribution in [-0.4, -0.2) is 30.4 Å². The molecule has 2 atom stereocenters. The maximum Gasteiger partial charge on any atom is 0.226 e. The number of nitrogens with two attached hydrogens (primary N) is 1. The minimum atomic E-state index is 0.201. The molecule has 2 N–H and O–H groups in total. The van der Waals surface area contributed by atoms with E-state index in [1.807, 2.05) is 42.3 Å². The van der Waals surface area contributed by atoms with Crippen LogP contribution < -0.4 is 5.73 Å². The molecule has 2 rings (SSSR count). The van der Waals surface area contributed by atoms with Crippen LogP contribution >= 0.6 is 0 Å². The Morgan fingerprint density at radius 3 is 2.72 bits per heavy atom. The highest BCUT2D eigenvalue weighted by Gasteiger charge is 2.31. The van der Waals surface area contributed by atoms with Gasteiger partial charge in [0.15, 0.2) is 0 Å². The largest absolute Gasteiger partial charge is 0.342 e. The van der Waals surface area contributed by atoms with Crippen LogP contribution in [0.3, 0.4) is 0 Å². The number of amides is 1. The summed E-state index contributed by atoms with van der Waals surface area (Å²) in [4.78, 5) is 14.2. The molecule has 1 saturated carbocycles. The van der Waals surface area contributed by atoms with Crippen LogP contribution in [0.1, 0.15) is 24.8 Å². The van der Waals surface area contributed by atoms with Gasteiger partial charge in [-0.2, -0.15) is 0 Å². The molecule has 0 aromatic heterocycles. The number of carbonyl (C=O) groups excluding carboxylic acids is 1. The molecule has 1 aromatic carbocycles. The van der Waals surface area contributed by atoms with E-state index in [-0.39, 0.29) is 5.91 Å². The molecule has 1 fully saturated rings. The van der Waals surface area contributed by atoms with Crippen molar-refractivity contribution in [3.05, 3.63) is 35.9 Å². The zero-order valence-corrected chi connectivity index (χ0v) is 11.0. The first-order valence-corrected chi connectivity index (χ1v) is 6.72. The molecule has 0 spiro atoms. The van der Waals surface area contributed by atoms with Crippen molar-refractivity contribution in [2.75, 3.05) is 13.6 Å². The van der Waals surface area contributed by atoms with Gasteiger partial charge in [0.25, 0.3) is 0 Å². The fraction of sp³-hybridized carbons (Fsp3) is 0.533. The lowest BCUT2D eigenvalue weighted by atomic mass is 10.0. The highest BCUT2D eigenvalue weighted by Crippen LogP contribution is 2.28. The number of benzene rings is 1. The number of likely N-dealkylation sites (N-methyl/N-ethyl adjacent to an activating group) is 1. The highest BCUT2D eigenvalue weighted by molar-refractivity contribution is 5.78. The van der Waals surface area contributed by atoms with Crippen molar-refractivity contribution < 1.29 is 4.79 Å². The summed E-state index contributed by atoms with van der Waals surface area (Å²) in [5.74, 6) is 0.682. The molecule has 0 heterocycles. The smallest absolute Gasteiger partial charge is 0.226 e. The molecule has 18 heavy (non-hydrogen) atoms. The van der Waals surface area contributed by atoms with Crippen LogP contribution in [0.4, 0.5) is 0 Å². The van der Waals surface area contributed by atoms with Crippen molar-refractivity contribution in [3.8, 4) is 0 Å². The number of hydrogen-bond acceptors (Lipinski definition) is 2. The van der Waals surface area contributed by atoms with Crippen LogP contribution in [0.15, 0.2) is 30.3 Å². The van der Waals surface area contributed by atoms with Gasteiger partial charge in [-0.25, -0.2) is 0 Å². The van der Waals surface area contributed by atoms with E-state index in [2.05, 4.69) is 0 Å². The number of nitrogens with zero attached hydrogens (tertiary/aromatic N) is 1. The fourth-order valence-electron chi connectivity index (χ4n) is 2.88. The van der Waals surface area contributed by atoms with Crippen molar-refractivity contribution in [2.45, 2.75) is 31.7 Å². The first-order chi connectivity index (χ1) is 8.72. The predicted molar refractivity (Wildman–Crippen MR) is 73.1 cm³/mol. The van der Waals surface area contributed by atoms with Gasteiger partial charge in [-0.05, 0) is 30.9 Å². The summed E-state index contributed by atoms with van der Waals surface area (Å²) >= 11 is 0. The quantitative estimate of drug-likeness (QED) is 0.880. The molecule has 2 unspecified atom stereocenters. The Kier molecular flexibility index (Phi) is 4.37. The highest BCUT2D eigenvalue weighted by atomic mass is 16.2. The molecule has 1 aliphatic carbocycles. The van der Waals surface area contributed by atoms with E-state index in [4.69, 9.17) is 5.73 Å². The summed E-state index contributed by atoms with van der Waals surface area (Å²) in [6, 6.07) is 10.3. The third kappa shape index (κ3) is 2.91. The first kappa shape index (κ1) is 13.1. The molecule has 0 saturated heterocycles. The third-order valence-corrected chi connectivity index (χ3v) is 4.01. The molecule has 0 bridgehead atoms. The zero-order chi connectivity index (χ0) is 13.0. The summed E-state index contributed by atoms with van der Waals surface area (Å²) < 4.78 is 0. The minimum absolute atomic E-state index is 0.201. The van der Waals surface area contributed by atoms with Crippen LogP contribution in [0.25, 0.3) is 0 Å². The molecule has 1 amide bonds. The molecule has 3 heteroatoms. The van der Waals surface area contributed by atoms with E-state index in [1.54, 1.807) is 0 Å². The van der Waals surface area contributed by atoms with E-state index < -0.39 is 0 Å². The van der Waals surface area contributed by atoms with Crippen LogP contribution in [-0.2, 0) is 11.2 Å². The van der Waals surface area contributed by atoms with Gasteiger partial charge in [-0.15, -0.1) is 0 Å². The van der Waals surface area contributed by atoms with E-state index >= 15 is 0 Å². The Balaban J connectivity index is 1.96. The summed E-state index contributed by atoms with van der Waals surface area (Å²) in [6.07, 6.45) is 3.93. The zero-order valence-electron chi connectivity index (χ0n) is 11.0. The van der Waals surface area contributed by atoms with Crippen LogP contribution in [0.5, 0.6) is 0 Å². The van der Waals surface area contributed by atoms with Gasteiger partial charge in [-0.3, -0.25) is 4.79 Å². The van der Waals surface area contributed by atoms with E-state index in [1.165, 1.54) is 6.42 Å². The van der Waals surface area contributed by atoms with Gasteiger partial charge < -0.3 is 10.6 Å². The normalized spacial score (nSPS) is 23.0. The maximum absolute atomic E-state index is 12.2. The van der Waals surface area contributed by atoms with Crippen molar-refractivity contribution >= 4 is 5.91 Å². The van der Waals surface area contributed by atoms with Crippen LogP contribution in [0.2, 0.25) is 0 Å². The minimum Gasteiger partial charge on any atom is -0.342 e. The predicted octanol–water partition coefficient (Wildman–Crippen LogP) is 1.81. The number of rotatable bonds is 4. The second-order valence-corrected chi connectivity index (χ2v) is 5.16. The second kappa shape index (κ2) is 6.01.